The molecule has 0 bridgehead atoms. The van der Waals surface area contributed by atoms with Crippen molar-refractivity contribution < 1.29 is 17.5 Å². The minimum Gasteiger partial charge on any atom is -0.488 e. The molecule has 2 aromatic carbocycles. The van der Waals surface area contributed by atoms with E-state index in [-0.39, 0.29) is 35.1 Å². The molecule has 0 radical (unpaired) electrons. The second-order valence-corrected chi connectivity index (χ2v) is 12.7. The molecule has 3 aromatic rings. The lowest BCUT2D eigenvalue weighted by atomic mass is 9.70. The minimum atomic E-state index is -3.98. The van der Waals surface area contributed by atoms with Gasteiger partial charge in [0.25, 0.3) is 0 Å². The third-order valence-corrected chi connectivity index (χ3v) is 10.4. The number of ether oxygens (including phenoxy) is 1. The second kappa shape index (κ2) is 9.50. The number of hydrogen-bond donors (Lipinski definition) is 0. The van der Waals surface area contributed by atoms with Crippen molar-refractivity contribution in [3.8, 4) is 17.5 Å². The van der Waals surface area contributed by atoms with E-state index in [1.54, 1.807) is 24.3 Å². The number of likely N-dealkylation sites (N-methyl/N-ethyl adjacent to an activating group) is 1. The van der Waals surface area contributed by atoms with Crippen LogP contribution in [0.1, 0.15) is 31.0 Å². The minimum absolute atomic E-state index is 0.0253. The van der Waals surface area contributed by atoms with E-state index < -0.39 is 10.0 Å². The van der Waals surface area contributed by atoms with Gasteiger partial charge in [0, 0.05) is 13.6 Å². The van der Waals surface area contributed by atoms with E-state index in [1.165, 1.54) is 22.0 Å². The van der Waals surface area contributed by atoms with E-state index in [9.17, 15) is 18.1 Å². The van der Waals surface area contributed by atoms with Gasteiger partial charge >= 0.3 is 0 Å². The fourth-order valence-electron chi connectivity index (χ4n) is 6.28. The van der Waals surface area contributed by atoms with Crippen LogP contribution < -0.4 is 9.64 Å². The standard InChI is InChI=1S/C29H30FN5O3S/c1-29-17-20-18-32-35(24-10-8-23(30)9-11-24)26(20)16-21(29)6-7-22(29)19-34(13-12-31)39(36,37)27-5-3-4-25-28(27)38-15-14-33(25)2/h3-5,8-11,16,18,22H,6-7,13-15,17,19H2,1-2H3/t22-,29+/m1/s1. The Morgan fingerprint density at radius 3 is 2.82 bits per heavy atom. The molecule has 2 atom stereocenters. The zero-order valence-corrected chi connectivity index (χ0v) is 22.8. The molecule has 0 spiro atoms. The smallest absolute Gasteiger partial charge is 0.247 e. The van der Waals surface area contributed by atoms with Crippen molar-refractivity contribution in [2.24, 2.45) is 11.3 Å². The first-order chi connectivity index (χ1) is 18.7. The summed E-state index contributed by atoms with van der Waals surface area (Å²) >= 11 is 0. The van der Waals surface area contributed by atoms with Gasteiger partial charge in [-0.3, -0.25) is 0 Å². The zero-order chi connectivity index (χ0) is 27.4. The summed E-state index contributed by atoms with van der Waals surface area (Å²) in [5.41, 5.74) is 4.56. The number of sulfonamides is 1. The molecule has 0 unspecified atom stereocenters. The Morgan fingerprint density at radius 2 is 2.05 bits per heavy atom. The van der Waals surface area contributed by atoms with Gasteiger partial charge in [-0.25, -0.2) is 17.5 Å². The average molecular weight is 548 g/mol. The predicted octanol–water partition coefficient (Wildman–Crippen LogP) is 4.41. The third-order valence-electron chi connectivity index (χ3n) is 8.55. The molecular formula is C29H30FN5O3S. The summed E-state index contributed by atoms with van der Waals surface area (Å²) < 4.78 is 50.4. The zero-order valence-electron chi connectivity index (χ0n) is 22.0. The summed E-state index contributed by atoms with van der Waals surface area (Å²) in [4.78, 5) is 2.08. The van der Waals surface area contributed by atoms with E-state index in [0.29, 0.717) is 18.9 Å². The molecule has 1 saturated carbocycles. The Morgan fingerprint density at radius 1 is 1.26 bits per heavy atom. The van der Waals surface area contributed by atoms with Gasteiger partial charge in [-0.05, 0) is 78.6 Å². The van der Waals surface area contributed by atoms with Gasteiger partial charge in [0.05, 0.1) is 35.9 Å². The highest BCUT2D eigenvalue weighted by atomic mass is 32.2. The highest BCUT2D eigenvalue weighted by Crippen LogP contribution is 2.53. The van der Waals surface area contributed by atoms with Crippen molar-refractivity contribution in [2.75, 3.05) is 38.2 Å². The number of nitrogens with zero attached hydrogens (tertiary/aromatic N) is 5. The Labute approximate surface area is 228 Å². The molecule has 2 aliphatic carbocycles. The lowest BCUT2D eigenvalue weighted by Gasteiger charge is -2.38. The molecule has 1 aromatic heterocycles. The summed E-state index contributed by atoms with van der Waals surface area (Å²) in [7, 11) is -2.07. The number of benzene rings is 2. The predicted molar refractivity (Wildman–Crippen MR) is 146 cm³/mol. The van der Waals surface area contributed by atoms with Crippen molar-refractivity contribution in [3.63, 3.8) is 0 Å². The number of anilines is 1. The molecule has 6 rings (SSSR count). The second-order valence-electron chi connectivity index (χ2n) is 10.8. The number of aromatic nitrogens is 2. The number of halogens is 1. The van der Waals surface area contributed by atoms with Gasteiger partial charge < -0.3 is 9.64 Å². The van der Waals surface area contributed by atoms with E-state index in [4.69, 9.17) is 4.74 Å². The van der Waals surface area contributed by atoms with Crippen molar-refractivity contribution in [1.29, 1.82) is 5.26 Å². The van der Waals surface area contributed by atoms with Crippen LogP contribution in [0.4, 0.5) is 10.1 Å². The summed E-state index contributed by atoms with van der Waals surface area (Å²) in [6.45, 7) is 3.27. The van der Waals surface area contributed by atoms with Crippen LogP contribution in [0.15, 0.2) is 59.1 Å². The van der Waals surface area contributed by atoms with Crippen LogP contribution in [0, 0.1) is 28.5 Å². The molecule has 10 heteroatoms. The summed E-state index contributed by atoms with van der Waals surface area (Å²) in [6, 6.07) is 13.5. The number of para-hydroxylation sites is 1. The molecule has 39 heavy (non-hydrogen) atoms. The van der Waals surface area contributed by atoms with Gasteiger partial charge in [-0.15, -0.1) is 0 Å². The SMILES string of the molecule is CN1CCOc2c1cccc2S(=O)(=O)N(CC#N)C[C@H]1CCC2=Cc3c(cnn3-c3ccc(F)cc3)C[C@@]21C. The van der Waals surface area contributed by atoms with E-state index in [1.807, 2.05) is 28.9 Å². The van der Waals surface area contributed by atoms with Gasteiger partial charge in [0.15, 0.2) is 5.75 Å². The van der Waals surface area contributed by atoms with Gasteiger partial charge in [0.2, 0.25) is 10.0 Å². The number of allylic oxidation sites excluding steroid dienone is 1. The molecule has 0 amide bonds. The van der Waals surface area contributed by atoms with Gasteiger partial charge in [-0.1, -0.05) is 18.6 Å². The molecule has 8 nitrogen and oxygen atoms in total. The number of nitriles is 1. The Hall–Kier alpha value is -3.68. The van der Waals surface area contributed by atoms with Crippen molar-refractivity contribution in [3.05, 3.63) is 71.3 Å². The first-order valence-electron chi connectivity index (χ1n) is 13.1. The van der Waals surface area contributed by atoms with Crippen LogP contribution in [0.5, 0.6) is 5.75 Å². The Balaban J connectivity index is 1.30. The average Bonchev–Trinajstić information content (AvgIpc) is 3.46. The molecule has 2 heterocycles. The maximum absolute atomic E-state index is 14.0. The Bertz CT molecular complexity index is 1610. The summed E-state index contributed by atoms with van der Waals surface area (Å²) in [6.07, 6.45) is 6.38. The van der Waals surface area contributed by atoms with Crippen LogP contribution in [0.2, 0.25) is 0 Å². The van der Waals surface area contributed by atoms with E-state index >= 15 is 0 Å². The van der Waals surface area contributed by atoms with E-state index in [2.05, 4.69) is 24.2 Å². The highest BCUT2D eigenvalue weighted by molar-refractivity contribution is 7.89. The molecule has 1 fully saturated rings. The molecule has 0 N–H and O–H groups in total. The normalized spacial score (nSPS) is 22.0. The molecule has 202 valence electrons. The van der Waals surface area contributed by atoms with Crippen LogP contribution in [0.3, 0.4) is 0 Å². The van der Waals surface area contributed by atoms with Crippen LogP contribution >= 0.6 is 0 Å². The highest BCUT2D eigenvalue weighted by Gasteiger charge is 2.47. The number of fused-ring (bicyclic) bond motifs is 3. The summed E-state index contributed by atoms with van der Waals surface area (Å²) in [5.74, 6) is 0.0797. The maximum Gasteiger partial charge on any atom is 0.247 e. The van der Waals surface area contributed by atoms with Crippen molar-refractivity contribution in [1.82, 2.24) is 14.1 Å². The lowest BCUT2D eigenvalue weighted by molar-refractivity contribution is 0.227. The molecule has 1 aliphatic heterocycles. The maximum atomic E-state index is 14.0. The largest absolute Gasteiger partial charge is 0.488 e. The van der Waals surface area contributed by atoms with Crippen LogP contribution in [-0.2, 0) is 16.4 Å². The van der Waals surface area contributed by atoms with Gasteiger partial charge in [0.1, 0.15) is 23.9 Å². The third kappa shape index (κ3) is 4.21. The molecule has 3 aliphatic rings. The molecule has 0 saturated heterocycles. The van der Waals surface area contributed by atoms with Crippen LogP contribution in [0.25, 0.3) is 11.8 Å². The fraction of sp³-hybridized carbons (Fsp3) is 0.379. The Kier molecular flexibility index (Phi) is 6.24. The number of rotatable bonds is 6. The van der Waals surface area contributed by atoms with Crippen molar-refractivity contribution >= 4 is 21.8 Å². The number of hydrogen-bond acceptors (Lipinski definition) is 6. The monoisotopic (exact) mass is 547 g/mol. The quantitative estimate of drug-likeness (QED) is 0.425. The topological polar surface area (TPSA) is 91.5 Å². The summed E-state index contributed by atoms with van der Waals surface area (Å²) in [5, 5.41) is 14.2. The van der Waals surface area contributed by atoms with Gasteiger partial charge in [-0.2, -0.15) is 14.7 Å². The molecular weight excluding hydrogens is 517 g/mol. The van der Waals surface area contributed by atoms with E-state index in [0.717, 1.165) is 41.9 Å². The lowest BCUT2D eigenvalue weighted by Crippen LogP contribution is -2.41. The first kappa shape index (κ1) is 25.6. The fourth-order valence-corrected chi connectivity index (χ4v) is 7.81. The van der Waals surface area contributed by atoms with Crippen molar-refractivity contribution in [2.45, 2.75) is 31.1 Å². The van der Waals surface area contributed by atoms with Crippen LogP contribution in [-0.4, -0.2) is 55.8 Å². The first-order valence-corrected chi connectivity index (χ1v) is 14.5.